The zero-order valence-electron chi connectivity index (χ0n) is 12.5. The molecular formula is C15H14N6OS. The standard InChI is InChI=1S/C15H14N6OS/c1-20-9-18-14(19-20)15(22)21-4-2-12-11(6-21)13(17-8-16-12)10-3-5-23-7-10/h3,5,7-9H,2,4,6H2,1H3. The lowest BCUT2D eigenvalue weighted by Crippen LogP contribution is -2.37. The molecule has 3 aromatic rings. The van der Waals surface area contributed by atoms with E-state index in [9.17, 15) is 4.79 Å². The van der Waals surface area contributed by atoms with Gasteiger partial charge in [0.15, 0.2) is 0 Å². The van der Waals surface area contributed by atoms with Crippen LogP contribution in [0.5, 0.6) is 0 Å². The maximum Gasteiger partial charge on any atom is 0.293 e. The number of nitrogens with zero attached hydrogens (tertiary/aromatic N) is 6. The number of carbonyl (C=O) groups is 1. The molecule has 1 amide bonds. The second kappa shape index (κ2) is 5.54. The molecule has 3 aromatic heterocycles. The highest BCUT2D eigenvalue weighted by molar-refractivity contribution is 7.08. The number of aryl methyl sites for hydroxylation is 1. The zero-order chi connectivity index (χ0) is 15.8. The summed E-state index contributed by atoms with van der Waals surface area (Å²) in [6.45, 7) is 1.10. The van der Waals surface area contributed by atoms with Gasteiger partial charge in [-0.15, -0.1) is 5.10 Å². The van der Waals surface area contributed by atoms with Crippen LogP contribution in [0.3, 0.4) is 0 Å². The molecule has 0 radical (unpaired) electrons. The largest absolute Gasteiger partial charge is 0.331 e. The van der Waals surface area contributed by atoms with E-state index in [1.165, 1.54) is 11.0 Å². The van der Waals surface area contributed by atoms with Crippen molar-refractivity contribution in [3.8, 4) is 11.3 Å². The van der Waals surface area contributed by atoms with Crippen LogP contribution in [-0.4, -0.2) is 42.1 Å². The lowest BCUT2D eigenvalue weighted by molar-refractivity contribution is 0.0721. The van der Waals surface area contributed by atoms with Crippen molar-refractivity contribution in [2.24, 2.45) is 7.05 Å². The van der Waals surface area contributed by atoms with Crippen molar-refractivity contribution in [3.63, 3.8) is 0 Å². The fourth-order valence-corrected chi connectivity index (χ4v) is 3.38. The first-order valence-corrected chi connectivity index (χ1v) is 8.17. The Bertz CT molecular complexity index is 857. The van der Waals surface area contributed by atoms with Gasteiger partial charge < -0.3 is 4.90 Å². The molecule has 0 bridgehead atoms. The van der Waals surface area contributed by atoms with E-state index < -0.39 is 0 Å². The fraction of sp³-hybridized carbons (Fsp3) is 0.267. The third-order valence-corrected chi connectivity index (χ3v) is 4.56. The van der Waals surface area contributed by atoms with Crippen LogP contribution in [0, 0.1) is 0 Å². The molecule has 0 aromatic carbocycles. The molecular weight excluding hydrogens is 312 g/mol. The van der Waals surface area contributed by atoms with Crippen molar-refractivity contribution in [1.29, 1.82) is 0 Å². The Morgan fingerprint density at radius 3 is 2.96 bits per heavy atom. The lowest BCUT2D eigenvalue weighted by atomic mass is 10.0. The van der Waals surface area contributed by atoms with Gasteiger partial charge in [0, 0.05) is 36.5 Å². The van der Waals surface area contributed by atoms with Crippen molar-refractivity contribution >= 4 is 17.2 Å². The molecule has 0 spiro atoms. The van der Waals surface area contributed by atoms with Crippen LogP contribution >= 0.6 is 11.3 Å². The first-order chi connectivity index (χ1) is 11.2. The summed E-state index contributed by atoms with van der Waals surface area (Å²) in [7, 11) is 1.75. The molecule has 0 fully saturated rings. The van der Waals surface area contributed by atoms with E-state index in [1.807, 2.05) is 11.4 Å². The third kappa shape index (κ3) is 2.50. The van der Waals surface area contributed by atoms with E-state index in [4.69, 9.17) is 0 Å². The smallest absolute Gasteiger partial charge is 0.293 e. The van der Waals surface area contributed by atoms with Crippen LogP contribution in [0.4, 0.5) is 0 Å². The quantitative estimate of drug-likeness (QED) is 0.714. The molecule has 0 aliphatic carbocycles. The van der Waals surface area contributed by atoms with Crippen molar-refractivity contribution in [1.82, 2.24) is 29.6 Å². The van der Waals surface area contributed by atoms with Crippen LogP contribution in [0.2, 0.25) is 0 Å². The van der Waals surface area contributed by atoms with Gasteiger partial charge in [-0.05, 0) is 11.4 Å². The molecule has 7 nitrogen and oxygen atoms in total. The maximum absolute atomic E-state index is 12.6. The number of carbonyl (C=O) groups excluding carboxylic acids is 1. The summed E-state index contributed by atoms with van der Waals surface area (Å²) in [5.41, 5.74) is 4.00. The van der Waals surface area contributed by atoms with Gasteiger partial charge in [-0.25, -0.2) is 15.0 Å². The van der Waals surface area contributed by atoms with Gasteiger partial charge in [-0.3, -0.25) is 9.48 Å². The minimum absolute atomic E-state index is 0.156. The molecule has 116 valence electrons. The molecule has 23 heavy (non-hydrogen) atoms. The predicted octanol–water partition coefficient (Wildman–Crippen LogP) is 1.53. The Morgan fingerprint density at radius 2 is 2.22 bits per heavy atom. The summed E-state index contributed by atoms with van der Waals surface area (Å²) in [4.78, 5) is 27.2. The number of amides is 1. The third-order valence-electron chi connectivity index (χ3n) is 3.87. The topological polar surface area (TPSA) is 76.8 Å². The van der Waals surface area contributed by atoms with Crippen LogP contribution in [-0.2, 0) is 20.0 Å². The summed E-state index contributed by atoms with van der Waals surface area (Å²) in [6.07, 6.45) is 3.85. The molecule has 4 rings (SSSR count). The summed E-state index contributed by atoms with van der Waals surface area (Å²) < 4.78 is 1.53. The monoisotopic (exact) mass is 326 g/mol. The minimum Gasteiger partial charge on any atom is -0.331 e. The van der Waals surface area contributed by atoms with Gasteiger partial charge in [0.2, 0.25) is 5.82 Å². The number of fused-ring (bicyclic) bond motifs is 1. The zero-order valence-corrected chi connectivity index (χ0v) is 13.3. The molecule has 0 atom stereocenters. The van der Waals surface area contributed by atoms with Crippen molar-refractivity contribution < 1.29 is 4.79 Å². The molecule has 0 saturated carbocycles. The fourth-order valence-electron chi connectivity index (χ4n) is 2.74. The second-order valence-electron chi connectivity index (χ2n) is 5.38. The summed E-state index contributed by atoms with van der Waals surface area (Å²) in [5, 5.41) is 8.18. The molecule has 0 N–H and O–H groups in total. The average molecular weight is 326 g/mol. The molecule has 1 aliphatic rings. The summed E-state index contributed by atoms with van der Waals surface area (Å²) in [5.74, 6) is 0.0706. The molecule has 1 aliphatic heterocycles. The number of aromatic nitrogens is 5. The first-order valence-electron chi connectivity index (χ1n) is 7.22. The lowest BCUT2D eigenvalue weighted by Gasteiger charge is -2.28. The maximum atomic E-state index is 12.6. The highest BCUT2D eigenvalue weighted by atomic mass is 32.1. The number of hydrogen-bond donors (Lipinski definition) is 0. The molecule has 8 heteroatoms. The van der Waals surface area contributed by atoms with Crippen LogP contribution in [0.25, 0.3) is 11.3 Å². The Hall–Kier alpha value is -2.61. The van der Waals surface area contributed by atoms with Gasteiger partial charge in [-0.1, -0.05) is 0 Å². The summed E-state index contributed by atoms with van der Waals surface area (Å²) in [6, 6.07) is 2.04. The van der Waals surface area contributed by atoms with Crippen molar-refractivity contribution in [2.75, 3.05) is 6.54 Å². The predicted molar refractivity (Wildman–Crippen MR) is 84.8 cm³/mol. The SMILES string of the molecule is Cn1cnc(C(=O)N2CCc3ncnc(-c4ccsc4)c3C2)n1. The van der Waals surface area contributed by atoms with Crippen molar-refractivity contribution in [2.45, 2.75) is 13.0 Å². The van der Waals surface area contributed by atoms with Crippen LogP contribution < -0.4 is 0 Å². The average Bonchev–Trinajstić information content (AvgIpc) is 3.24. The highest BCUT2D eigenvalue weighted by Gasteiger charge is 2.27. The Labute approximate surface area is 136 Å². The van der Waals surface area contributed by atoms with E-state index in [-0.39, 0.29) is 11.7 Å². The van der Waals surface area contributed by atoms with Crippen LogP contribution in [0.1, 0.15) is 21.9 Å². The van der Waals surface area contributed by atoms with E-state index >= 15 is 0 Å². The normalized spacial score (nSPS) is 13.9. The molecule has 4 heterocycles. The van der Waals surface area contributed by atoms with Gasteiger partial charge in [0.05, 0.1) is 17.9 Å². The van der Waals surface area contributed by atoms with E-state index in [0.29, 0.717) is 19.5 Å². The molecule has 0 unspecified atom stereocenters. The Kier molecular flexibility index (Phi) is 3.38. The van der Waals surface area contributed by atoms with Crippen molar-refractivity contribution in [3.05, 3.63) is 46.6 Å². The van der Waals surface area contributed by atoms with Gasteiger partial charge >= 0.3 is 0 Å². The number of hydrogen-bond acceptors (Lipinski definition) is 6. The van der Waals surface area contributed by atoms with Gasteiger partial charge in [0.1, 0.15) is 12.7 Å². The van der Waals surface area contributed by atoms with Gasteiger partial charge in [0.25, 0.3) is 5.91 Å². The van der Waals surface area contributed by atoms with Gasteiger partial charge in [-0.2, -0.15) is 11.3 Å². The highest BCUT2D eigenvalue weighted by Crippen LogP contribution is 2.29. The van der Waals surface area contributed by atoms with E-state index in [2.05, 4.69) is 25.4 Å². The Balaban J connectivity index is 1.67. The van der Waals surface area contributed by atoms with Crippen LogP contribution in [0.15, 0.2) is 29.5 Å². The van der Waals surface area contributed by atoms with E-state index in [0.717, 1.165) is 22.5 Å². The Morgan fingerprint density at radius 1 is 1.30 bits per heavy atom. The second-order valence-corrected chi connectivity index (χ2v) is 6.16. The number of thiophene rings is 1. The minimum atomic E-state index is -0.156. The summed E-state index contributed by atoms with van der Waals surface area (Å²) >= 11 is 1.63. The number of rotatable bonds is 2. The van der Waals surface area contributed by atoms with E-state index in [1.54, 1.807) is 29.6 Å². The molecule has 0 saturated heterocycles. The first kappa shape index (κ1) is 14.0.